The number of anilines is 1. The second kappa shape index (κ2) is 7.25. The highest BCUT2D eigenvalue weighted by Crippen LogP contribution is 2.30. The summed E-state index contributed by atoms with van der Waals surface area (Å²) in [5, 5.41) is 11.7. The predicted molar refractivity (Wildman–Crippen MR) is 95.7 cm³/mol. The molecule has 0 aliphatic carbocycles. The van der Waals surface area contributed by atoms with Crippen molar-refractivity contribution in [1.82, 2.24) is 0 Å². The SMILES string of the molecule is O=C(C[C@H]1SC(c2ccc(O)cc2)=NC1=O)Nc1ccc(F)c(Cl)c1. The van der Waals surface area contributed by atoms with Crippen LogP contribution in [0.3, 0.4) is 0 Å². The second-order valence-corrected chi connectivity index (χ2v) is 6.89. The number of halogens is 2. The number of hydrogen-bond acceptors (Lipinski definition) is 4. The Balaban J connectivity index is 1.62. The molecule has 0 fully saturated rings. The van der Waals surface area contributed by atoms with Gasteiger partial charge < -0.3 is 10.4 Å². The van der Waals surface area contributed by atoms with Gasteiger partial charge >= 0.3 is 0 Å². The van der Waals surface area contributed by atoms with E-state index in [1.807, 2.05) is 0 Å². The van der Waals surface area contributed by atoms with Crippen LogP contribution in [0.4, 0.5) is 10.1 Å². The maximum Gasteiger partial charge on any atom is 0.260 e. The third-order valence-corrected chi connectivity index (χ3v) is 4.92. The van der Waals surface area contributed by atoms with Crippen LogP contribution in [0.25, 0.3) is 0 Å². The maximum absolute atomic E-state index is 13.1. The molecule has 0 radical (unpaired) electrons. The molecule has 2 N–H and O–H groups in total. The molecular weight excluding hydrogens is 367 g/mol. The monoisotopic (exact) mass is 378 g/mol. The summed E-state index contributed by atoms with van der Waals surface area (Å²) < 4.78 is 13.1. The third-order valence-electron chi connectivity index (χ3n) is 3.43. The van der Waals surface area contributed by atoms with E-state index in [2.05, 4.69) is 10.3 Å². The number of nitrogens with one attached hydrogen (secondary N) is 1. The molecule has 8 heteroatoms. The summed E-state index contributed by atoms with van der Waals surface area (Å²) in [6.07, 6.45) is -0.0659. The summed E-state index contributed by atoms with van der Waals surface area (Å²) in [5.74, 6) is -1.24. The molecule has 3 rings (SSSR count). The second-order valence-electron chi connectivity index (χ2n) is 5.29. The van der Waals surface area contributed by atoms with E-state index < -0.39 is 17.0 Å². The number of phenols is 1. The van der Waals surface area contributed by atoms with E-state index in [1.165, 1.54) is 36.0 Å². The van der Waals surface area contributed by atoms with Crippen molar-refractivity contribution in [1.29, 1.82) is 0 Å². The molecule has 1 atom stereocenters. The Hall–Kier alpha value is -2.38. The number of carbonyl (C=O) groups is 2. The fourth-order valence-corrected chi connectivity index (χ4v) is 3.46. The van der Waals surface area contributed by atoms with Crippen molar-refractivity contribution in [3.05, 3.63) is 58.9 Å². The molecule has 0 saturated heterocycles. The first-order valence-electron chi connectivity index (χ1n) is 7.26. The van der Waals surface area contributed by atoms with Gasteiger partial charge in [-0.2, -0.15) is 0 Å². The Morgan fingerprint density at radius 2 is 2.00 bits per heavy atom. The van der Waals surface area contributed by atoms with Crippen LogP contribution in [0.15, 0.2) is 47.5 Å². The number of carbonyl (C=O) groups excluding carboxylic acids is 2. The van der Waals surface area contributed by atoms with Crippen molar-refractivity contribution >= 4 is 45.9 Å². The number of rotatable bonds is 4. The van der Waals surface area contributed by atoms with Crippen molar-refractivity contribution in [3.8, 4) is 5.75 Å². The van der Waals surface area contributed by atoms with Gasteiger partial charge in [-0.3, -0.25) is 9.59 Å². The first-order valence-corrected chi connectivity index (χ1v) is 8.51. The van der Waals surface area contributed by atoms with Gasteiger partial charge in [0.15, 0.2) is 0 Å². The highest BCUT2D eigenvalue weighted by atomic mass is 35.5. The zero-order valence-corrected chi connectivity index (χ0v) is 14.3. The zero-order chi connectivity index (χ0) is 18.0. The van der Waals surface area contributed by atoms with Crippen molar-refractivity contribution in [2.45, 2.75) is 11.7 Å². The lowest BCUT2D eigenvalue weighted by molar-refractivity contribution is -0.121. The molecule has 5 nitrogen and oxygen atoms in total. The van der Waals surface area contributed by atoms with Gasteiger partial charge in [-0.05, 0) is 42.5 Å². The lowest BCUT2D eigenvalue weighted by Crippen LogP contribution is -2.21. The topological polar surface area (TPSA) is 78.8 Å². The lowest BCUT2D eigenvalue weighted by atomic mass is 10.2. The van der Waals surface area contributed by atoms with Crippen LogP contribution < -0.4 is 5.32 Å². The highest BCUT2D eigenvalue weighted by molar-refractivity contribution is 8.16. The van der Waals surface area contributed by atoms with E-state index >= 15 is 0 Å². The molecule has 0 spiro atoms. The minimum Gasteiger partial charge on any atom is -0.508 e. The van der Waals surface area contributed by atoms with E-state index in [0.29, 0.717) is 16.3 Å². The number of thioether (sulfide) groups is 1. The van der Waals surface area contributed by atoms with Crippen molar-refractivity contribution < 1.29 is 19.1 Å². The zero-order valence-electron chi connectivity index (χ0n) is 12.7. The Labute approximate surface area is 151 Å². The van der Waals surface area contributed by atoms with Gasteiger partial charge in [0.05, 0.1) is 5.02 Å². The van der Waals surface area contributed by atoms with Crippen molar-refractivity contribution in [2.75, 3.05) is 5.32 Å². The molecule has 0 saturated carbocycles. The van der Waals surface area contributed by atoms with Crippen LogP contribution in [-0.2, 0) is 9.59 Å². The summed E-state index contributed by atoms with van der Waals surface area (Å²) in [6.45, 7) is 0. The average Bonchev–Trinajstić information content (AvgIpc) is 2.92. The lowest BCUT2D eigenvalue weighted by Gasteiger charge is -2.09. The van der Waals surface area contributed by atoms with E-state index in [1.54, 1.807) is 12.1 Å². The standard InChI is InChI=1S/C17H12ClFN2O3S/c18-12-7-10(3-6-13(12)19)20-15(23)8-14-16(24)21-17(25-14)9-1-4-11(22)5-2-9/h1-7,14,22H,8H2,(H,20,23)/t14-/m1/s1. The average molecular weight is 379 g/mol. The van der Waals surface area contributed by atoms with Crippen molar-refractivity contribution in [3.63, 3.8) is 0 Å². The van der Waals surface area contributed by atoms with Gasteiger partial charge in [0.2, 0.25) is 5.91 Å². The van der Waals surface area contributed by atoms with Crippen LogP contribution in [0.1, 0.15) is 12.0 Å². The van der Waals surface area contributed by atoms with Gasteiger partial charge in [-0.25, -0.2) is 9.38 Å². The number of phenolic OH excluding ortho intramolecular Hbond substituents is 1. The van der Waals surface area contributed by atoms with E-state index in [9.17, 15) is 19.1 Å². The minimum absolute atomic E-state index is 0.0659. The molecule has 2 aromatic carbocycles. The van der Waals surface area contributed by atoms with Crippen LogP contribution in [0.2, 0.25) is 5.02 Å². The van der Waals surface area contributed by atoms with E-state index in [-0.39, 0.29) is 23.1 Å². The molecule has 0 unspecified atom stereocenters. The summed E-state index contributed by atoms with van der Waals surface area (Å²) in [5.41, 5.74) is 1.05. The highest BCUT2D eigenvalue weighted by Gasteiger charge is 2.31. The molecule has 25 heavy (non-hydrogen) atoms. The molecule has 2 aromatic rings. The summed E-state index contributed by atoms with van der Waals surface area (Å²) in [6, 6.07) is 10.1. The molecule has 0 bridgehead atoms. The van der Waals surface area contributed by atoms with E-state index in [4.69, 9.17) is 11.6 Å². The van der Waals surface area contributed by atoms with Crippen LogP contribution >= 0.6 is 23.4 Å². The Morgan fingerprint density at radius 3 is 2.68 bits per heavy atom. The Bertz CT molecular complexity index is 871. The first-order chi connectivity index (χ1) is 11.9. The number of amides is 2. The largest absolute Gasteiger partial charge is 0.508 e. The molecule has 128 valence electrons. The Kier molecular flexibility index (Phi) is 5.06. The number of nitrogens with zero attached hydrogens (tertiary/aromatic N) is 1. The van der Waals surface area contributed by atoms with Gasteiger partial charge in [0, 0.05) is 17.7 Å². The molecule has 1 heterocycles. The maximum atomic E-state index is 13.1. The predicted octanol–water partition coefficient (Wildman–Crippen LogP) is 3.60. The first kappa shape index (κ1) is 17.4. The van der Waals surface area contributed by atoms with Gasteiger partial charge in [0.1, 0.15) is 21.9 Å². The quantitative estimate of drug-likeness (QED) is 0.852. The van der Waals surface area contributed by atoms with Gasteiger partial charge in [-0.15, -0.1) is 0 Å². The fraction of sp³-hybridized carbons (Fsp3) is 0.118. The molecule has 1 aliphatic rings. The van der Waals surface area contributed by atoms with E-state index in [0.717, 1.165) is 6.07 Å². The molecule has 0 aromatic heterocycles. The summed E-state index contributed by atoms with van der Waals surface area (Å²) in [4.78, 5) is 28.1. The fourth-order valence-electron chi connectivity index (χ4n) is 2.20. The summed E-state index contributed by atoms with van der Waals surface area (Å²) in [7, 11) is 0. The van der Waals surface area contributed by atoms with Gasteiger partial charge in [-0.1, -0.05) is 23.4 Å². The Morgan fingerprint density at radius 1 is 1.28 bits per heavy atom. The van der Waals surface area contributed by atoms with Crippen LogP contribution in [-0.4, -0.2) is 27.2 Å². The molecular formula is C17H12ClFN2O3S. The minimum atomic E-state index is -0.625. The smallest absolute Gasteiger partial charge is 0.260 e. The molecule has 2 amide bonds. The summed E-state index contributed by atoms with van der Waals surface area (Å²) >= 11 is 6.86. The molecule has 1 aliphatic heterocycles. The normalized spacial score (nSPS) is 16.6. The number of aliphatic imine (C=N–C) groups is 1. The number of benzene rings is 2. The van der Waals surface area contributed by atoms with Gasteiger partial charge in [0.25, 0.3) is 5.91 Å². The third kappa shape index (κ3) is 4.18. The van der Waals surface area contributed by atoms with Crippen LogP contribution in [0, 0.1) is 5.82 Å². The number of hydrogen-bond donors (Lipinski definition) is 2. The van der Waals surface area contributed by atoms with Crippen LogP contribution in [0.5, 0.6) is 5.75 Å². The number of aromatic hydroxyl groups is 1. The van der Waals surface area contributed by atoms with Crippen molar-refractivity contribution in [2.24, 2.45) is 4.99 Å².